The van der Waals surface area contributed by atoms with Crippen LogP contribution in [0.4, 0.5) is 0 Å². The average molecular weight is 681 g/mol. The molecular weight excluding hydrogens is 649 g/mol. The highest BCUT2D eigenvalue weighted by Gasteiger charge is 2.27. The number of benzene rings is 6. The zero-order valence-corrected chi connectivity index (χ0v) is 28.8. The lowest BCUT2D eigenvalue weighted by Gasteiger charge is -2.14. The van der Waals surface area contributed by atoms with E-state index >= 15 is 0 Å². The molecule has 1 aliphatic rings. The van der Waals surface area contributed by atoms with E-state index in [4.69, 9.17) is 15.0 Å². The van der Waals surface area contributed by atoms with E-state index in [0.29, 0.717) is 11.5 Å². The first-order valence-corrected chi connectivity index (χ1v) is 18.1. The summed E-state index contributed by atoms with van der Waals surface area (Å²) in [6.45, 7) is 0. The molecule has 0 fully saturated rings. The highest BCUT2D eigenvalue weighted by atomic mass is 15.3. The summed E-state index contributed by atoms with van der Waals surface area (Å²) in [4.78, 5) is 15.9. The van der Waals surface area contributed by atoms with Gasteiger partial charge in [0.25, 0.3) is 0 Å². The number of allylic oxidation sites excluding steroid dienone is 4. The van der Waals surface area contributed by atoms with E-state index in [0.717, 1.165) is 57.8 Å². The van der Waals surface area contributed by atoms with Crippen molar-refractivity contribution in [2.75, 3.05) is 0 Å². The normalized spacial score (nSPS) is 13.2. The van der Waals surface area contributed by atoms with Crippen molar-refractivity contribution in [2.45, 2.75) is 12.8 Å². The molecular formula is C47H32N6. The Kier molecular flexibility index (Phi) is 6.58. The topological polar surface area (TPSA) is 53.5 Å². The van der Waals surface area contributed by atoms with Crippen LogP contribution in [-0.2, 0) is 0 Å². The average Bonchev–Trinajstić information content (AvgIpc) is 3.89. The maximum atomic E-state index is 5.48. The Morgan fingerprint density at radius 2 is 1.11 bits per heavy atom. The van der Waals surface area contributed by atoms with E-state index in [9.17, 15) is 0 Å². The van der Waals surface area contributed by atoms with Gasteiger partial charge in [-0.25, -0.2) is 9.97 Å². The van der Waals surface area contributed by atoms with Gasteiger partial charge in [-0.05, 0) is 49.2 Å². The quantitative estimate of drug-likeness (QED) is 0.182. The minimum atomic E-state index is 0.634. The van der Waals surface area contributed by atoms with Gasteiger partial charge in [0.05, 0.1) is 22.1 Å². The summed E-state index contributed by atoms with van der Waals surface area (Å²) in [6, 6.07) is 53.1. The fraction of sp³-hybridized carbons (Fsp3) is 0.0426. The number of para-hydroxylation sites is 3. The lowest BCUT2D eigenvalue weighted by Crippen LogP contribution is -2.06. The number of rotatable bonds is 5. The van der Waals surface area contributed by atoms with E-state index in [-0.39, 0.29) is 0 Å². The van der Waals surface area contributed by atoms with Gasteiger partial charge in [-0.3, -0.25) is 9.13 Å². The summed E-state index contributed by atoms with van der Waals surface area (Å²) in [5, 5.41) is 4.84. The molecule has 0 amide bonds. The summed E-state index contributed by atoms with van der Waals surface area (Å²) in [5.74, 6) is 1.40. The zero-order chi connectivity index (χ0) is 34.9. The van der Waals surface area contributed by atoms with Gasteiger partial charge in [0, 0.05) is 44.1 Å². The molecule has 0 spiro atoms. The van der Waals surface area contributed by atoms with Crippen molar-refractivity contribution in [1.82, 2.24) is 28.7 Å². The van der Waals surface area contributed by atoms with Gasteiger partial charge in [-0.15, -0.1) is 0 Å². The predicted molar refractivity (Wildman–Crippen MR) is 218 cm³/mol. The van der Waals surface area contributed by atoms with Crippen LogP contribution in [0.3, 0.4) is 0 Å². The maximum absolute atomic E-state index is 5.48. The molecule has 0 saturated heterocycles. The second-order valence-corrected chi connectivity index (χ2v) is 13.6. The monoisotopic (exact) mass is 680 g/mol. The molecule has 6 heteroatoms. The molecule has 6 nitrogen and oxygen atoms in total. The third-order valence-electron chi connectivity index (χ3n) is 10.5. The molecule has 53 heavy (non-hydrogen) atoms. The van der Waals surface area contributed by atoms with Crippen molar-refractivity contribution in [3.8, 4) is 34.3 Å². The van der Waals surface area contributed by atoms with Crippen LogP contribution in [0, 0.1) is 0 Å². The van der Waals surface area contributed by atoms with Crippen LogP contribution in [0.25, 0.3) is 94.8 Å². The van der Waals surface area contributed by atoms with Gasteiger partial charge >= 0.3 is 0 Å². The van der Waals surface area contributed by atoms with Gasteiger partial charge in [-0.2, -0.15) is 4.98 Å². The second-order valence-electron chi connectivity index (χ2n) is 13.6. The smallest absolute Gasteiger partial charge is 0.222 e. The molecule has 0 unspecified atom stereocenters. The van der Waals surface area contributed by atoms with Crippen LogP contribution in [0.15, 0.2) is 170 Å². The Morgan fingerprint density at radius 1 is 0.453 bits per heavy atom. The van der Waals surface area contributed by atoms with Crippen LogP contribution < -0.4 is 0 Å². The molecule has 0 radical (unpaired) electrons. The van der Waals surface area contributed by atoms with Crippen molar-refractivity contribution in [1.29, 1.82) is 0 Å². The molecule has 0 saturated carbocycles. The van der Waals surface area contributed by atoms with Crippen LogP contribution in [0.5, 0.6) is 0 Å². The zero-order valence-electron chi connectivity index (χ0n) is 28.8. The lowest BCUT2D eigenvalue weighted by atomic mass is 10.1. The van der Waals surface area contributed by atoms with Crippen molar-refractivity contribution in [3.05, 3.63) is 170 Å². The summed E-state index contributed by atoms with van der Waals surface area (Å²) < 4.78 is 7.03. The highest BCUT2D eigenvalue weighted by molar-refractivity contribution is 6.26. The predicted octanol–water partition coefficient (Wildman–Crippen LogP) is 11.5. The molecule has 0 atom stereocenters. The molecule has 10 aromatic rings. The van der Waals surface area contributed by atoms with Crippen molar-refractivity contribution >= 4 is 60.5 Å². The number of nitrogens with zero attached hydrogens (tertiary/aromatic N) is 6. The Labute approximate surface area is 305 Å². The van der Waals surface area contributed by atoms with E-state index in [2.05, 4.69) is 159 Å². The van der Waals surface area contributed by atoms with E-state index in [1.54, 1.807) is 0 Å². The van der Waals surface area contributed by atoms with Crippen molar-refractivity contribution in [2.24, 2.45) is 0 Å². The Morgan fingerprint density at radius 3 is 1.85 bits per heavy atom. The minimum absolute atomic E-state index is 0.634. The van der Waals surface area contributed by atoms with E-state index in [1.165, 1.54) is 38.3 Å². The van der Waals surface area contributed by atoms with Crippen LogP contribution in [0.1, 0.15) is 12.8 Å². The Hall–Kier alpha value is -7.05. The van der Waals surface area contributed by atoms with Crippen LogP contribution in [0.2, 0.25) is 0 Å². The van der Waals surface area contributed by atoms with Crippen LogP contribution in [-0.4, -0.2) is 28.7 Å². The van der Waals surface area contributed by atoms with Gasteiger partial charge in [-0.1, -0.05) is 133 Å². The Balaban J connectivity index is 1.31. The number of imidazole rings is 1. The summed E-state index contributed by atoms with van der Waals surface area (Å²) in [5.41, 5.74) is 11.0. The third kappa shape index (κ3) is 4.49. The first kappa shape index (κ1) is 29.7. The first-order valence-electron chi connectivity index (χ1n) is 18.1. The number of fused-ring (bicyclic) bond motifs is 8. The second kappa shape index (κ2) is 11.8. The maximum Gasteiger partial charge on any atom is 0.222 e. The summed E-state index contributed by atoms with van der Waals surface area (Å²) >= 11 is 0. The molecule has 4 heterocycles. The van der Waals surface area contributed by atoms with Gasteiger partial charge < -0.3 is 4.57 Å². The largest absolute Gasteiger partial charge is 0.309 e. The molecule has 250 valence electrons. The molecule has 0 bridgehead atoms. The number of hydrogen-bond donors (Lipinski definition) is 0. The summed E-state index contributed by atoms with van der Waals surface area (Å²) in [7, 11) is 0. The van der Waals surface area contributed by atoms with Crippen molar-refractivity contribution in [3.63, 3.8) is 0 Å². The number of aromatic nitrogens is 6. The first-order chi connectivity index (χ1) is 26.3. The molecule has 1 aliphatic carbocycles. The Bertz CT molecular complexity index is 3090. The number of hydrogen-bond acceptors (Lipinski definition) is 3. The van der Waals surface area contributed by atoms with Crippen molar-refractivity contribution < 1.29 is 0 Å². The third-order valence-corrected chi connectivity index (χ3v) is 10.5. The fourth-order valence-corrected chi connectivity index (χ4v) is 8.21. The minimum Gasteiger partial charge on any atom is -0.309 e. The molecule has 11 rings (SSSR count). The molecule has 0 N–H and O–H groups in total. The lowest BCUT2D eigenvalue weighted by molar-refractivity contribution is 0.955. The molecule has 4 aromatic heterocycles. The fourth-order valence-electron chi connectivity index (χ4n) is 8.21. The SMILES string of the molecule is C1=CC(n2c3ccccc3c3ccc4c(c5ccccc5n4-c4nc5nc(-c6ccccc6)nc(-c6ccccc6)c5n4-c4ccccc4)c32)=CCC1. The van der Waals surface area contributed by atoms with Crippen LogP contribution >= 0.6 is 0 Å². The van der Waals surface area contributed by atoms with E-state index in [1.807, 2.05) is 24.3 Å². The molecule has 6 aromatic carbocycles. The highest BCUT2D eigenvalue weighted by Crippen LogP contribution is 2.43. The standard InChI is InChI=1S/C47H32N6/c1-5-17-31(18-6-1)42-44-46(49-45(48-42)32-19-7-2-8-20-32)50-47(52(44)34-23-11-4-12-24-34)53-39-28-16-14-26-37(39)41-40(53)30-29-36-35-25-13-15-27-38(35)51(43(36)41)33-21-9-3-10-22-33/h1-2,4-9,11-30H,3,10H2. The molecule has 0 aliphatic heterocycles. The van der Waals surface area contributed by atoms with E-state index < -0.39 is 0 Å². The van der Waals surface area contributed by atoms with Gasteiger partial charge in [0.2, 0.25) is 5.95 Å². The van der Waals surface area contributed by atoms with Gasteiger partial charge in [0.1, 0.15) is 11.2 Å². The summed E-state index contributed by atoms with van der Waals surface area (Å²) in [6.07, 6.45) is 9.01. The van der Waals surface area contributed by atoms with Gasteiger partial charge in [0.15, 0.2) is 11.5 Å².